The highest BCUT2D eigenvalue weighted by molar-refractivity contribution is 8.05. The smallest absolute Gasteiger partial charge is 0.333 e. The van der Waals surface area contributed by atoms with Crippen LogP contribution in [0.4, 0.5) is 0 Å². The molecule has 1 amide bonds. The van der Waals surface area contributed by atoms with Crippen LogP contribution in [0, 0.1) is 0 Å². The van der Waals surface area contributed by atoms with Gasteiger partial charge in [-0.3, -0.25) is 4.79 Å². The summed E-state index contributed by atoms with van der Waals surface area (Å²) in [6.07, 6.45) is 2.05. The van der Waals surface area contributed by atoms with E-state index in [1.165, 1.54) is 22.7 Å². The predicted molar refractivity (Wildman–Crippen MR) is 83.5 cm³/mol. The molecule has 1 atom stereocenters. The van der Waals surface area contributed by atoms with Crippen LogP contribution in [0.25, 0.3) is 0 Å². The fourth-order valence-electron chi connectivity index (χ4n) is 2.39. The van der Waals surface area contributed by atoms with Gasteiger partial charge in [-0.2, -0.15) is 0 Å². The normalized spacial score (nSPS) is 23.7. The van der Waals surface area contributed by atoms with Crippen molar-refractivity contribution < 1.29 is 14.3 Å². The summed E-state index contributed by atoms with van der Waals surface area (Å²) < 4.78 is 4.27. The molecule has 4 nitrogen and oxygen atoms in total. The SMILES string of the molecule is CCOC(=O)/C=C1/SC(CC)(c2ccccc2)C(=O)N1C. The number of ether oxygens (including phenoxy) is 1. The van der Waals surface area contributed by atoms with Crippen LogP contribution < -0.4 is 0 Å². The first-order valence-corrected chi connectivity index (χ1v) is 7.78. The van der Waals surface area contributed by atoms with E-state index in [0.717, 1.165) is 5.56 Å². The average molecular weight is 305 g/mol. The Morgan fingerprint density at radius 3 is 2.57 bits per heavy atom. The Morgan fingerprint density at radius 2 is 2.00 bits per heavy atom. The van der Waals surface area contributed by atoms with Crippen LogP contribution in [-0.4, -0.2) is 30.4 Å². The van der Waals surface area contributed by atoms with Gasteiger partial charge in [-0.1, -0.05) is 49.0 Å². The van der Waals surface area contributed by atoms with Crippen LogP contribution in [0.15, 0.2) is 41.4 Å². The summed E-state index contributed by atoms with van der Waals surface area (Å²) in [5, 5.41) is 0.629. The molecule has 0 aliphatic carbocycles. The molecule has 0 aromatic heterocycles. The molecule has 1 aromatic carbocycles. The molecule has 1 aliphatic heterocycles. The van der Waals surface area contributed by atoms with Gasteiger partial charge in [0.15, 0.2) is 0 Å². The van der Waals surface area contributed by atoms with E-state index in [4.69, 9.17) is 4.74 Å². The van der Waals surface area contributed by atoms with Gasteiger partial charge < -0.3 is 9.64 Å². The van der Waals surface area contributed by atoms with E-state index in [-0.39, 0.29) is 5.91 Å². The molecule has 0 spiro atoms. The molecule has 0 bridgehead atoms. The fraction of sp³-hybridized carbons (Fsp3) is 0.375. The number of hydrogen-bond donors (Lipinski definition) is 0. The van der Waals surface area contributed by atoms with Gasteiger partial charge in [0.25, 0.3) is 0 Å². The van der Waals surface area contributed by atoms with Crippen molar-refractivity contribution in [2.75, 3.05) is 13.7 Å². The summed E-state index contributed by atoms with van der Waals surface area (Å²) >= 11 is 1.42. The van der Waals surface area contributed by atoms with Gasteiger partial charge in [0.05, 0.1) is 17.7 Å². The maximum atomic E-state index is 12.7. The number of benzene rings is 1. The number of hydrogen-bond acceptors (Lipinski definition) is 4. The van der Waals surface area contributed by atoms with Crippen molar-refractivity contribution in [3.05, 3.63) is 47.0 Å². The number of rotatable bonds is 4. The largest absolute Gasteiger partial charge is 0.463 e. The molecule has 0 radical (unpaired) electrons. The third-order valence-electron chi connectivity index (χ3n) is 3.53. The van der Waals surface area contributed by atoms with Crippen molar-refractivity contribution >= 4 is 23.6 Å². The lowest BCUT2D eigenvalue weighted by Crippen LogP contribution is -2.34. The molecule has 21 heavy (non-hydrogen) atoms. The number of amides is 1. The lowest BCUT2D eigenvalue weighted by Gasteiger charge is -2.24. The maximum Gasteiger partial charge on any atom is 0.333 e. The van der Waals surface area contributed by atoms with Gasteiger partial charge in [-0.05, 0) is 18.9 Å². The van der Waals surface area contributed by atoms with Gasteiger partial charge in [0.1, 0.15) is 4.75 Å². The van der Waals surface area contributed by atoms with E-state index >= 15 is 0 Å². The molecule has 2 rings (SSSR count). The van der Waals surface area contributed by atoms with E-state index in [1.807, 2.05) is 37.3 Å². The van der Waals surface area contributed by atoms with Gasteiger partial charge in [0, 0.05) is 7.05 Å². The van der Waals surface area contributed by atoms with Crippen molar-refractivity contribution in [3.63, 3.8) is 0 Å². The van der Waals surface area contributed by atoms with Crippen molar-refractivity contribution in [1.29, 1.82) is 0 Å². The van der Waals surface area contributed by atoms with Gasteiger partial charge >= 0.3 is 5.97 Å². The Kier molecular flexibility index (Phi) is 4.73. The highest BCUT2D eigenvalue weighted by atomic mass is 32.2. The summed E-state index contributed by atoms with van der Waals surface area (Å²) in [5.74, 6) is -0.420. The van der Waals surface area contributed by atoms with E-state index in [9.17, 15) is 9.59 Å². The van der Waals surface area contributed by atoms with Crippen LogP contribution in [0.3, 0.4) is 0 Å². The predicted octanol–water partition coefficient (Wildman–Crippen LogP) is 2.90. The minimum absolute atomic E-state index is 0.00301. The lowest BCUT2D eigenvalue weighted by atomic mass is 9.94. The van der Waals surface area contributed by atoms with Gasteiger partial charge in [-0.25, -0.2) is 4.79 Å². The number of carbonyl (C=O) groups is 2. The van der Waals surface area contributed by atoms with Crippen LogP contribution in [0.2, 0.25) is 0 Å². The first-order valence-electron chi connectivity index (χ1n) is 6.96. The van der Waals surface area contributed by atoms with Gasteiger partial charge in [-0.15, -0.1) is 0 Å². The second kappa shape index (κ2) is 6.35. The van der Waals surface area contributed by atoms with Crippen LogP contribution in [0.5, 0.6) is 0 Å². The van der Waals surface area contributed by atoms with Crippen LogP contribution in [-0.2, 0) is 19.1 Å². The summed E-state index contributed by atoms with van der Waals surface area (Å²) in [7, 11) is 1.70. The first kappa shape index (κ1) is 15.6. The molecule has 5 heteroatoms. The topological polar surface area (TPSA) is 46.6 Å². The first-order chi connectivity index (χ1) is 10.0. The van der Waals surface area contributed by atoms with E-state index < -0.39 is 10.7 Å². The molecule has 1 fully saturated rings. The second-order valence-electron chi connectivity index (χ2n) is 4.75. The number of carbonyl (C=O) groups excluding carboxylic acids is 2. The zero-order valence-corrected chi connectivity index (χ0v) is 13.3. The highest BCUT2D eigenvalue weighted by Gasteiger charge is 2.49. The minimum atomic E-state index is -0.658. The summed E-state index contributed by atoms with van der Waals surface area (Å²) in [4.78, 5) is 25.9. The van der Waals surface area contributed by atoms with E-state index in [1.54, 1.807) is 14.0 Å². The zero-order chi connectivity index (χ0) is 15.5. The number of thioether (sulfide) groups is 1. The number of likely N-dealkylation sites (N-methyl/N-ethyl adjacent to an activating group) is 1. The van der Waals surface area contributed by atoms with Crippen molar-refractivity contribution in [2.45, 2.75) is 25.0 Å². The molecular weight excluding hydrogens is 286 g/mol. The second-order valence-corrected chi connectivity index (χ2v) is 6.07. The molecule has 0 saturated carbocycles. The fourth-order valence-corrected chi connectivity index (χ4v) is 3.74. The van der Waals surface area contributed by atoms with E-state index in [2.05, 4.69) is 0 Å². The molecular formula is C16H19NO3S. The third kappa shape index (κ3) is 2.83. The molecule has 1 heterocycles. The Balaban J connectivity index is 2.38. The zero-order valence-electron chi connectivity index (χ0n) is 12.5. The summed E-state index contributed by atoms with van der Waals surface area (Å²) in [6.45, 7) is 4.06. The average Bonchev–Trinajstić information content (AvgIpc) is 2.74. The number of esters is 1. The monoisotopic (exact) mass is 305 g/mol. The third-order valence-corrected chi connectivity index (χ3v) is 5.17. The minimum Gasteiger partial charge on any atom is -0.463 e. The standard InChI is InChI=1S/C16H19NO3S/c1-4-16(12-9-7-6-8-10-12)15(19)17(3)13(21-16)11-14(18)20-5-2/h6-11H,4-5H2,1-3H3/b13-11+. The molecule has 112 valence electrons. The van der Waals surface area contributed by atoms with Crippen molar-refractivity contribution in [2.24, 2.45) is 0 Å². The van der Waals surface area contributed by atoms with Gasteiger partial charge in [0.2, 0.25) is 5.91 Å². The molecule has 1 aliphatic rings. The lowest BCUT2D eigenvalue weighted by molar-refractivity contribution is -0.137. The highest BCUT2D eigenvalue weighted by Crippen LogP contribution is 2.51. The molecule has 1 aromatic rings. The Hall–Kier alpha value is -1.75. The summed E-state index contributed by atoms with van der Waals surface area (Å²) in [5.41, 5.74) is 0.960. The Labute approximate surface area is 129 Å². The maximum absolute atomic E-state index is 12.7. The van der Waals surface area contributed by atoms with Crippen molar-refractivity contribution in [3.8, 4) is 0 Å². The number of nitrogens with zero attached hydrogens (tertiary/aromatic N) is 1. The Morgan fingerprint density at radius 1 is 1.33 bits per heavy atom. The van der Waals surface area contributed by atoms with Crippen LogP contribution >= 0.6 is 11.8 Å². The summed E-state index contributed by atoms with van der Waals surface area (Å²) in [6, 6.07) is 9.68. The molecule has 1 saturated heterocycles. The van der Waals surface area contributed by atoms with Crippen LogP contribution in [0.1, 0.15) is 25.8 Å². The molecule has 0 N–H and O–H groups in total. The Bertz CT molecular complexity index is 570. The van der Waals surface area contributed by atoms with E-state index in [0.29, 0.717) is 18.1 Å². The quantitative estimate of drug-likeness (QED) is 0.634. The van der Waals surface area contributed by atoms with Crippen molar-refractivity contribution in [1.82, 2.24) is 4.90 Å². The molecule has 1 unspecified atom stereocenters.